The quantitative estimate of drug-likeness (QED) is 0.241. The average molecular weight is 268 g/mol. The molecule has 0 aliphatic carbocycles. The fourth-order valence-electron chi connectivity index (χ4n) is 0. The first-order valence-corrected chi connectivity index (χ1v) is 2.61. The van der Waals surface area contributed by atoms with Crippen molar-refractivity contribution in [3.63, 3.8) is 0 Å². The van der Waals surface area contributed by atoms with Crippen LogP contribution in [0.1, 0.15) is 0 Å². The monoisotopic (exact) mass is 268 g/mol. The van der Waals surface area contributed by atoms with Crippen LogP contribution < -0.4 is 10.2 Å². The minimum absolute atomic E-state index is 0. The Balaban J connectivity index is -0.0000000221. The SMILES string of the molecule is O=C([O-])[O-].O=S(=O)([O-])[O-].[Ca+2].[Ca+2].[SiH4]. The summed E-state index contributed by atoms with van der Waals surface area (Å²) in [7, 11) is -5.17. The molecule has 0 atom stereocenters. The normalized spacial score (nSPS) is 6.83. The molecule has 0 rings (SSSR count). The summed E-state index contributed by atoms with van der Waals surface area (Å²) in [6.07, 6.45) is -2.33. The van der Waals surface area contributed by atoms with Gasteiger partial charge >= 0.3 is 75.5 Å². The maximum absolute atomic E-state index is 8.52. The van der Waals surface area contributed by atoms with E-state index in [0.717, 1.165) is 0 Å². The Morgan fingerprint density at radius 2 is 1.00 bits per heavy atom. The van der Waals surface area contributed by atoms with Gasteiger partial charge in [0.25, 0.3) is 0 Å². The fourth-order valence-corrected chi connectivity index (χ4v) is 0. The molecule has 0 aromatic heterocycles. The molecule has 0 amide bonds. The van der Waals surface area contributed by atoms with Crippen LogP contribution in [0.2, 0.25) is 0 Å². The summed E-state index contributed by atoms with van der Waals surface area (Å²) >= 11 is 0. The van der Waals surface area contributed by atoms with Gasteiger partial charge in [0.15, 0.2) is 0 Å². The summed E-state index contributed by atoms with van der Waals surface area (Å²) in [5, 5.41) is 16.7. The van der Waals surface area contributed by atoms with Gasteiger partial charge in [0, 0.05) is 10.4 Å². The van der Waals surface area contributed by atoms with E-state index in [0.29, 0.717) is 0 Å². The van der Waals surface area contributed by atoms with Crippen molar-refractivity contribution in [2.75, 3.05) is 0 Å². The van der Waals surface area contributed by atoms with E-state index in [2.05, 4.69) is 0 Å². The summed E-state index contributed by atoms with van der Waals surface area (Å²) < 4.78 is 34.1. The maximum atomic E-state index is 8.52. The molecule has 7 nitrogen and oxygen atoms in total. The number of hydrogen-bond donors (Lipinski definition) is 0. The Morgan fingerprint density at radius 1 is 1.00 bits per heavy atom. The predicted octanol–water partition coefficient (Wildman–Crippen LogP) is -6.00. The molecule has 0 saturated heterocycles. The summed E-state index contributed by atoms with van der Waals surface area (Å²) in [4.78, 5) is 8.33. The smallest absolute Gasteiger partial charge is 0.759 e. The molecule has 0 unspecified atom stereocenters. The molecular weight excluding hydrogens is 264 g/mol. The van der Waals surface area contributed by atoms with Gasteiger partial charge < -0.3 is 24.1 Å². The number of carbonyl (C=O) groups is 1. The molecule has 11 heteroatoms. The Kier molecular flexibility index (Phi) is 37.4. The minimum atomic E-state index is -5.17. The summed E-state index contributed by atoms with van der Waals surface area (Å²) in [6.45, 7) is 0. The number of rotatable bonds is 0. The van der Waals surface area contributed by atoms with Gasteiger partial charge in [0.2, 0.25) is 0 Å². The summed E-state index contributed by atoms with van der Waals surface area (Å²) in [5.74, 6) is 0. The Labute approximate surface area is 133 Å². The Morgan fingerprint density at radius 3 is 1.00 bits per heavy atom. The molecular formula is CH4Ca2O7SSi. The zero-order chi connectivity index (χ0) is 8.08. The summed E-state index contributed by atoms with van der Waals surface area (Å²) in [6, 6.07) is 0. The standard InChI is InChI=1S/CH2O3.2Ca.H2O4S.H4Si/c2-1(3)4;;;1-5(2,3)4;/h(H2,2,3,4);;;(H2,1,2,3,4);1H4/q;2*+2;;/p-4. The second kappa shape index (κ2) is 15.4. The largest absolute Gasteiger partial charge is 2.00 e. The second-order valence-corrected chi connectivity index (χ2v) is 1.47. The molecule has 0 radical (unpaired) electrons. The molecule has 0 aliphatic heterocycles. The van der Waals surface area contributed by atoms with Crippen LogP contribution in [0.15, 0.2) is 0 Å². The van der Waals surface area contributed by atoms with Gasteiger partial charge in [0.1, 0.15) is 0 Å². The molecule has 0 aromatic rings. The molecule has 0 spiro atoms. The molecule has 12 heavy (non-hydrogen) atoms. The molecule has 0 saturated carbocycles. The van der Waals surface area contributed by atoms with E-state index in [1.807, 2.05) is 0 Å². The van der Waals surface area contributed by atoms with Crippen molar-refractivity contribution in [2.45, 2.75) is 0 Å². The van der Waals surface area contributed by atoms with Crippen LogP contribution in [0.3, 0.4) is 0 Å². The topological polar surface area (TPSA) is 143 Å². The van der Waals surface area contributed by atoms with Gasteiger partial charge in [0.05, 0.1) is 0 Å². The van der Waals surface area contributed by atoms with Gasteiger partial charge in [-0.1, -0.05) is 0 Å². The Hall–Kier alpha value is 1.88. The van der Waals surface area contributed by atoms with Crippen LogP contribution >= 0.6 is 0 Å². The van der Waals surface area contributed by atoms with Crippen molar-refractivity contribution in [3.05, 3.63) is 0 Å². The average Bonchev–Trinajstić information content (AvgIpc) is 1.19. The third-order valence-corrected chi connectivity index (χ3v) is 0. The minimum Gasteiger partial charge on any atom is -0.759 e. The number of hydrogen-bond acceptors (Lipinski definition) is 7. The van der Waals surface area contributed by atoms with E-state index < -0.39 is 16.6 Å². The first-order valence-electron chi connectivity index (χ1n) is 1.28. The zero-order valence-electron chi connectivity index (χ0n) is 5.18. The molecule has 0 heterocycles. The predicted molar refractivity (Wildman–Crippen MR) is 38.7 cm³/mol. The van der Waals surface area contributed by atoms with E-state index in [9.17, 15) is 0 Å². The number of carbonyl (C=O) groups excluding carboxylic acids is 1. The zero-order valence-corrected chi connectivity index (χ0v) is 10.4. The van der Waals surface area contributed by atoms with Crippen LogP contribution in [0, 0.1) is 0 Å². The maximum Gasteiger partial charge on any atom is 2.00 e. The van der Waals surface area contributed by atoms with Crippen molar-refractivity contribution in [2.24, 2.45) is 0 Å². The fraction of sp³-hybridized carbons (Fsp3) is 0. The van der Waals surface area contributed by atoms with Crippen molar-refractivity contribution >= 4 is 103 Å². The number of carboxylic acid groups (broad SMARTS) is 2. The van der Waals surface area contributed by atoms with E-state index in [1.165, 1.54) is 0 Å². The van der Waals surface area contributed by atoms with Gasteiger partial charge in [-0.2, -0.15) is 0 Å². The summed E-state index contributed by atoms with van der Waals surface area (Å²) in [5.41, 5.74) is 0. The van der Waals surface area contributed by atoms with E-state index >= 15 is 0 Å². The van der Waals surface area contributed by atoms with Crippen molar-refractivity contribution in [1.29, 1.82) is 0 Å². The van der Waals surface area contributed by atoms with Crippen molar-refractivity contribution in [3.8, 4) is 0 Å². The third kappa shape index (κ3) is 399. The van der Waals surface area contributed by atoms with Gasteiger partial charge in [-0.15, -0.1) is 0 Å². The van der Waals surface area contributed by atoms with E-state index in [4.69, 9.17) is 32.5 Å². The Bertz CT molecular complexity index is 164. The third-order valence-electron chi connectivity index (χ3n) is 0. The van der Waals surface area contributed by atoms with Crippen molar-refractivity contribution in [1.82, 2.24) is 0 Å². The molecule has 0 bridgehead atoms. The first kappa shape index (κ1) is 29.2. The van der Waals surface area contributed by atoms with Gasteiger partial charge in [-0.25, -0.2) is 0 Å². The van der Waals surface area contributed by atoms with Crippen LogP contribution in [-0.4, -0.2) is 110 Å². The van der Waals surface area contributed by atoms with Crippen molar-refractivity contribution < 1.29 is 32.5 Å². The first-order chi connectivity index (χ1) is 3.73. The second-order valence-electron chi connectivity index (χ2n) is 0.658. The van der Waals surface area contributed by atoms with Crippen LogP contribution in [0.5, 0.6) is 0 Å². The van der Waals surface area contributed by atoms with Crippen LogP contribution in [0.25, 0.3) is 0 Å². The van der Waals surface area contributed by atoms with E-state index in [-0.39, 0.29) is 86.4 Å². The molecule has 0 N–H and O–H groups in total. The molecule has 0 aromatic carbocycles. The molecule has 64 valence electrons. The van der Waals surface area contributed by atoms with Gasteiger partial charge in [-0.3, -0.25) is 8.42 Å². The molecule has 0 aliphatic rings. The van der Waals surface area contributed by atoms with Gasteiger partial charge in [-0.05, 0) is 17.1 Å². The van der Waals surface area contributed by atoms with E-state index in [1.54, 1.807) is 0 Å². The van der Waals surface area contributed by atoms with Crippen LogP contribution in [0.4, 0.5) is 4.79 Å². The van der Waals surface area contributed by atoms with Crippen LogP contribution in [-0.2, 0) is 10.4 Å². The molecule has 0 fully saturated rings.